The molecule has 8 nitrogen and oxygen atoms in total. The van der Waals surface area contributed by atoms with E-state index in [0.717, 1.165) is 18.5 Å². The summed E-state index contributed by atoms with van der Waals surface area (Å²) in [6, 6.07) is 11.3. The fraction of sp³-hybridized carbons (Fsp3) is 0.409. The summed E-state index contributed by atoms with van der Waals surface area (Å²) in [6.07, 6.45) is 3.43. The number of nitrogens with zero attached hydrogens (tertiary/aromatic N) is 5. The number of aromatic nitrogens is 3. The highest BCUT2D eigenvalue weighted by Crippen LogP contribution is 2.31. The Morgan fingerprint density at radius 2 is 1.91 bits per heavy atom. The van der Waals surface area contributed by atoms with E-state index >= 15 is 0 Å². The van der Waals surface area contributed by atoms with Gasteiger partial charge in [-0.05, 0) is 43.5 Å². The molecule has 0 N–H and O–H groups in total. The van der Waals surface area contributed by atoms with Crippen LogP contribution < -0.4 is 4.90 Å². The molecule has 3 aromatic rings. The number of hydrogen-bond acceptors (Lipinski definition) is 6. The molecule has 170 valence electrons. The topological polar surface area (TPSA) is 87.9 Å². The van der Waals surface area contributed by atoms with Crippen LogP contribution in [-0.4, -0.2) is 58.1 Å². The minimum Gasteiger partial charge on any atom is -0.309 e. The van der Waals surface area contributed by atoms with Crippen LogP contribution in [0.3, 0.4) is 0 Å². The zero-order valence-corrected chi connectivity index (χ0v) is 20.1. The van der Waals surface area contributed by atoms with Gasteiger partial charge in [-0.1, -0.05) is 43.8 Å². The van der Waals surface area contributed by atoms with Gasteiger partial charge in [0.05, 0.1) is 10.6 Å². The van der Waals surface area contributed by atoms with Crippen molar-refractivity contribution in [2.75, 3.05) is 23.7 Å². The average molecular weight is 474 g/mol. The normalized spacial score (nSPS) is 16.5. The molecule has 1 aliphatic rings. The summed E-state index contributed by atoms with van der Waals surface area (Å²) in [5.41, 5.74) is 2.69. The van der Waals surface area contributed by atoms with Gasteiger partial charge in [-0.2, -0.15) is 4.31 Å². The fourth-order valence-electron chi connectivity index (χ4n) is 4.08. The van der Waals surface area contributed by atoms with Gasteiger partial charge < -0.3 is 4.90 Å². The van der Waals surface area contributed by atoms with Crippen LogP contribution in [0.25, 0.3) is 5.65 Å². The Morgan fingerprint density at radius 3 is 2.66 bits per heavy atom. The van der Waals surface area contributed by atoms with E-state index in [0.29, 0.717) is 23.9 Å². The lowest BCUT2D eigenvalue weighted by Gasteiger charge is -2.35. The van der Waals surface area contributed by atoms with E-state index in [4.69, 9.17) is 0 Å². The smallest absolute Gasteiger partial charge is 0.244 e. The van der Waals surface area contributed by atoms with Crippen LogP contribution in [-0.2, 0) is 21.2 Å². The average Bonchev–Trinajstić information content (AvgIpc) is 3.20. The van der Waals surface area contributed by atoms with Gasteiger partial charge in [0.1, 0.15) is 0 Å². The third kappa shape index (κ3) is 4.14. The maximum atomic E-state index is 13.1. The van der Waals surface area contributed by atoms with Crippen LogP contribution in [0, 0.1) is 0 Å². The Labute approximate surface area is 192 Å². The van der Waals surface area contributed by atoms with Crippen molar-refractivity contribution >= 4 is 39.0 Å². The van der Waals surface area contributed by atoms with E-state index in [2.05, 4.69) is 23.2 Å². The van der Waals surface area contributed by atoms with Crippen molar-refractivity contribution in [2.45, 2.75) is 49.7 Å². The first kappa shape index (κ1) is 22.8. The molecule has 1 aliphatic heterocycles. The molecule has 0 bridgehead atoms. The molecule has 0 saturated carbocycles. The molecule has 1 unspecified atom stereocenters. The Balaban J connectivity index is 1.57. The van der Waals surface area contributed by atoms with Gasteiger partial charge in [0.2, 0.25) is 15.9 Å². The van der Waals surface area contributed by atoms with Gasteiger partial charge in [0.15, 0.2) is 10.8 Å². The monoisotopic (exact) mass is 473 g/mol. The standard InChI is InChI=1S/C22H27N5O3S2/c1-4-25(5-2)32(29,30)18-12-13-20-23-24-22(26(20)14-18)31-15-21(28)27-16(3)10-11-17-8-6-7-9-19(17)27/h6-9,12-14,16H,4-5,10-11,15H2,1-3H3. The van der Waals surface area contributed by atoms with Crippen molar-refractivity contribution in [3.8, 4) is 0 Å². The molecular formula is C22H27N5O3S2. The Morgan fingerprint density at radius 1 is 1.16 bits per heavy atom. The van der Waals surface area contributed by atoms with Crippen molar-refractivity contribution in [3.05, 3.63) is 48.2 Å². The number of para-hydroxylation sites is 1. The molecular weight excluding hydrogens is 446 g/mol. The molecule has 0 fully saturated rings. The third-order valence-corrected chi connectivity index (χ3v) is 8.77. The number of aryl methyl sites for hydroxylation is 1. The summed E-state index contributed by atoms with van der Waals surface area (Å²) < 4.78 is 28.8. The number of amides is 1. The first-order valence-corrected chi connectivity index (χ1v) is 13.2. The Hall–Kier alpha value is -2.43. The summed E-state index contributed by atoms with van der Waals surface area (Å²) >= 11 is 1.26. The van der Waals surface area contributed by atoms with Crippen LogP contribution in [0.1, 0.15) is 32.8 Å². The van der Waals surface area contributed by atoms with Crippen LogP contribution in [0.2, 0.25) is 0 Å². The zero-order chi connectivity index (χ0) is 22.9. The first-order chi connectivity index (χ1) is 15.4. The molecule has 0 saturated heterocycles. The van der Waals surface area contributed by atoms with Crippen LogP contribution in [0.5, 0.6) is 0 Å². The predicted molar refractivity (Wildman–Crippen MR) is 126 cm³/mol. The van der Waals surface area contributed by atoms with Crippen molar-refractivity contribution < 1.29 is 13.2 Å². The first-order valence-electron chi connectivity index (χ1n) is 10.7. The van der Waals surface area contributed by atoms with E-state index in [1.165, 1.54) is 27.8 Å². The van der Waals surface area contributed by atoms with Gasteiger partial charge in [0, 0.05) is 31.0 Å². The number of anilines is 1. The molecule has 1 aromatic carbocycles. The molecule has 1 amide bonds. The van der Waals surface area contributed by atoms with Crippen LogP contribution in [0.4, 0.5) is 5.69 Å². The molecule has 3 heterocycles. The molecule has 32 heavy (non-hydrogen) atoms. The Bertz CT molecular complexity index is 1240. The zero-order valence-electron chi connectivity index (χ0n) is 18.4. The predicted octanol–water partition coefficient (Wildman–Crippen LogP) is 3.22. The highest BCUT2D eigenvalue weighted by Gasteiger charge is 2.28. The molecule has 2 aromatic heterocycles. The van der Waals surface area contributed by atoms with Crippen LogP contribution >= 0.6 is 11.8 Å². The second-order valence-corrected chi connectivity index (χ2v) is 10.6. The van der Waals surface area contributed by atoms with E-state index in [1.807, 2.05) is 36.9 Å². The summed E-state index contributed by atoms with van der Waals surface area (Å²) in [6.45, 7) is 6.47. The lowest BCUT2D eigenvalue weighted by molar-refractivity contribution is -0.116. The number of rotatable bonds is 7. The highest BCUT2D eigenvalue weighted by atomic mass is 32.2. The minimum atomic E-state index is -3.60. The summed E-state index contributed by atoms with van der Waals surface area (Å²) in [5.74, 6) is 0.185. The molecule has 0 radical (unpaired) electrons. The molecule has 4 rings (SSSR count). The lowest BCUT2D eigenvalue weighted by Crippen LogP contribution is -2.43. The Kier molecular flexibility index (Phi) is 6.55. The summed E-state index contributed by atoms with van der Waals surface area (Å²) in [7, 11) is -3.60. The maximum Gasteiger partial charge on any atom is 0.244 e. The second kappa shape index (κ2) is 9.21. The number of hydrogen-bond donors (Lipinski definition) is 0. The van der Waals surface area contributed by atoms with Gasteiger partial charge in [-0.3, -0.25) is 9.20 Å². The highest BCUT2D eigenvalue weighted by molar-refractivity contribution is 7.99. The van der Waals surface area contributed by atoms with Crippen molar-refractivity contribution in [3.63, 3.8) is 0 Å². The quantitative estimate of drug-likeness (QED) is 0.490. The fourth-order valence-corrected chi connectivity index (χ4v) is 6.31. The van der Waals surface area contributed by atoms with Gasteiger partial charge in [-0.25, -0.2) is 8.42 Å². The third-order valence-electron chi connectivity index (χ3n) is 5.80. The van der Waals surface area contributed by atoms with Crippen LogP contribution in [0.15, 0.2) is 52.6 Å². The minimum absolute atomic E-state index is 0.00156. The summed E-state index contributed by atoms with van der Waals surface area (Å²) in [5, 5.41) is 8.80. The number of thioether (sulfide) groups is 1. The number of carbonyl (C=O) groups excluding carboxylic acids is 1. The number of carbonyl (C=O) groups is 1. The molecule has 0 spiro atoms. The summed E-state index contributed by atoms with van der Waals surface area (Å²) in [4.78, 5) is 15.2. The number of pyridine rings is 1. The second-order valence-electron chi connectivity index (χ2n) is 7.73. The molecule has 0 aliphatic carbocycles. The van der Waals surface area contributed by atoms with Gasteiger partial charge in [-0.15, -0.1) is 10.2 Å². The SMILES string of the molecule is CCN(CC)S(=O)(=O)c1ccc2nnc(SCC(=O)N3c4ccccc4CCC3C)n2c1. The van der Waals surface area contributed by atoms with E-state index < -0.39 is 10.0 Å². The van der Waals surface area contributed by atoms with E-state index in [1.54, 1.807) is 16.5 Å². The van der Waals surface area contributed by atoms with Gasteiger partial charge in [0.25, 0.3) is 0 Å². The lowest BCUT2D eigenvalue weighted by atomic mass is 9.97. The van der Waals surface area contributed by atoms with E-state index in [-0.39, 0.29) is 22.6 Å². The molecule has 10 heteroatoms. The maximum absolute atomic E-state index is 13.1. The number of benzene rings is 1. The van der Waals surface area contributed by atoms with Gasteiger partial charge >= 0.3 is 0 Å². The van der Waals surface area contributed by atoms with Crippen molar-refractivity contribution in [1.82, 2.24) is 18.9 Å². The van der Waals surface area contributed by atoms with Crippen molar-refractivity contribution in [1.29, 1.82) is 0 Å². The largest absolute Gasteiger partial charge is 0.309 e. The van der Waals surface area contributed by atoms with Crippen molar-refractivity contribution in [2.24, 2.45) is 0 Å². The van der Waals surface area contributed by atoms with E-state index in [9.17, 15) is 13.2 Å². The number of fused-ring (bicyclic) bond motifs is 2. The molecule has 1 atom stereocenters. The number of sulfonamides is 1.